The van der Waals surface area contributed by atoms with E-state index in [-0.39, 0.29) is 18.3 Å². The van der Waals surface area contributed by atoms with Crippen molar-refractivity contribution in [1.29, 1.82) is 0 Å². The monoisotopic (exact) mass is 348 g/mol. The standard InChI is InChI=1S/C18H16N6O2/c1-11-5-6-19-9-15(11)13-3-4-16-20-18(22-24(16)10-13)21-17(25)8-14-7-12(2)23-26-14/h3-7,9-10H,8H2,1-2H3,(H,21,22,25). The highest BCUT2D eigenvalue weighted by atomic mass is 16.5. The van der Waals surface area contributed by atoms with Gasteiger partial charge in [0, 0.05) is 35.8 Å². The Morgan fingerprint density at radius 3 is 2.92 bits per heavy atom. The van der Waals surface area contributed by atoms with Gasteiger partial charge in [-0.15, -0.1) is 5.10 Å². The zero-order valence-corrected chi connectivity index (χ0v) is 14.3. The lowest BCUT2D eigenvalue weighted by atomic mass is 10.1. The number of nitrogens with one attached hydrogen (secondary N) is 1. The van der Waals surface area contributed by atoms with Gasteiger partial charge < -0.3 is 4.52 Å². The largest absolute Gasteiger partial charge is 0.361 e. The van der Waals surface area contributed by atoms with Gasteiger partial charge in [0.1, 0.15) is 5.76 Å². The third-order valence-electron chi connectivity index (χ3n) is 3.94. The summed E-state index contributed by atoms with van der Waals surface area (Å²) in [6.45, 7) is 3.83. The first-order valence-electron chi connectivity index (χ1n) is 8.08. The molecule has 8 nitrogen and oxygen atoms in total. The molecule has 0 saturated heterocycles. The third-order valence-corrected chi connectivity index (χ3v) is 3.94. The second-order valence-electron chi connectivity index (χ2n) is 6.01. The average molecular weight is 348 g/mol. The Hall–Kier alpha value is -3.55. The average Bonchev–Trinajstić information content (AvgIpc) is 3.19. The molecule has 0 spiro atoms. The first kappa shape index (κ1) is 15.9. The van der Waals surface area contributed by atoms with Crippen molar-refractivity contribution in [3.05, 3.63) is 59.9 Å². The maximum Gasteiger partial charge on any atom is 0.249 e. The fourth-order valence-electron chi connectivity index (χ4n) is 2.69. The van der Waals surface area contributed by atoms with Crippen LogP contribution < -0.4 is 5.32 Å². The van der Waals surface area contributed by atoms with Crippen LogP contribution in [-0.2, 0) is 11.2 Å². The van der Waals surface area contributed by atoms with Crippen LogP contribution in [0, 0.1) is 13.8 Å². The van der Waals surface area contributed by atoms with E-state index in [1.807, 2.05) is 37.5 Å². The maximum absolute atomic E-state index is 12.1. The molecular formula is C18H16N6O2. The minimum Gasteiger partial charge on any atom is -0.361 e. The van der Waals surface area contributed by atoms with Crippen LogP contribution in [0.15, 0.2) is 47.4 Å². The molecule has 0 aromatic carbocycles. The van der Waals surface area contributed by atoms with Crippen LogP contribution in [0.2, 0.25) is 0 Å². The van der Waals surface area contributed by atoms with Crippen LogP contribution in [0.1, 0.15) is 17.0 Å². The minimum atomic E-state index is -0.264. The first-order chi connectivity index (χ1) is 12.6. The summed E-state index contributed by atoms with van der Waals surface area (Å²) in [6, 6.07) is 7.48. The molecule has 4 aromatic rings. The van der Waals surface area contributed by atoms with E-state index in [2.05, 4.69) is 25.5 Å². The molecule has 0 atom stereocenters. The summed E-state index contributed by atoms with van der Waals surface area (Å²) >= 11 is 0. The zero-order chi connectivity index (χ0) is 18.1. The maximum atomic E-state index is 12.1. The molecular weight excluding hydrogens is 332 g/mol. The molecule has 0 aliphatic carbocycles. The summed E-state index contributed by atoms with van der Waals surface area (Å²) in [5.74, 6) is 0.477. The lowest BCUT2D eigenvalue weighted by molar-refractivity contribution is -0.115. The minimum absolute atomic E-state index is 0.0799. The number of hydrogen-bond donors (Lipinski definition) is 1. The molecule has 1 amide bonds. The molecule has 4 rings (SSSR count). The summed E-state index contributed by atoms with van der Waals surface area (Å²) in [6.07, 6.45) is 5.52. The topological polar surface area (TPSA) is 98.2 Å². The van der Waals surface area contributed by atoms with Crippen molar-refractivity contribution in [3.63, 3.8) is 0 Å². The van der Waals surface area contributed by atoms with Crippen LogP contribution in [-0.4, -0.2) is 30.6 Å². The van der Waals surface area contributed by atoms with Gasteiger partial charge in [-0.05, 0) is 37.6 Å². The van der Waals surface area contributed by atoms with Crippen LogP contribution in [0.3, 0.4) is 0 Å². The van der Waals surface area contributed by atoms with Crippen molar-refractivity contribution >= 4 is 17.5 Å². The fraction of sp³-hybridized carbons (Fsp3) is 0.167. The van der Waals surface area contributed by atoms with Crippen molar-refractivity contribution in [3.8, 4) is 11.1 Å². The summed E-state index contributed by atoms with van der Waals surface area (Å²) in [5.41, 5.74) is 4.49. The van der Waals surface area contributed by atoms with Gasteiger partial charge in [-0.3, -0.25) is 15.1 Å². The van der Waals surface area contributed by atoms with Gasteiger partial charge in [0.05, 0.1) is 12.1 Å². The van der Waals surface area contributed by atoms with Gasteiger partial charge in [-0.1, -0.05) is 5.16 Å². The number of rotatable bonds is 4. The highest BCUT2D eigenvalue weighted by Crippen LogP contribution is 2.22. The van der Waals surface area contributed by atoms with Crippen molar-refractivity contribution in [1.82, 2.24) is 24.7 Å². The lowest BCUT2D eigenvalue weighted by Crippen LogP contribution is -2.15. The highest BCUT2D eigenvalue weighted by molar-refractivity contribution is 5.90. The number of amides is 1. The predicted octanol–water partition coefficient (Wildman–Crippen LogP) is 2.58. The Morgan fingerprint density at radius 1 is 1.27 bits per heavy atom. The highest BCUT2D eigenvalue weighted by Gasteiger charge is 2.12. The van der Waals surface area contributed by atoms with E-state index in [9.17, 15) is 4.79 Å². The van der Waals surface area contributed by atoms with Gasteiger partial charge in [-0.25, -0.2) is 4.52 Å². The molecule has 0 aliphatic heterocycles. The van der Waals surface area contributed by atoms with Crippen molar-refractivity contribution in [2.75, 3.05) is 5.32 Å². The molecule has 0 unspecified atom stereocenters. The van der Waals surface area contributed by atoms with Crippen molar-refractivity contribution in [2.45, 2.75) is 20.3 Å². The first-order valence-corrected chi connectivity index (χ1v) is 8.08. The van der Waals surface area contributed by atoms with Gasteiger partial charge in [0.2, 0.25) is 11.9 Å². The van der Waals surface area contributed by atoms with Gasteiger partial charge in [0.25, 0.3) is 0 Å². The van der Waals surface area contributed by atoms with Crippen molar-refractivity contribution in [2.24, 2.45) is 0 Å². The third kappa shape index (κ3) is 3.16. The Balaban J connectivity index is 1.56. The normalized spacial score (nSPS) is 11.0. The molecule has 0 fully saturated rings. The Morgan fingerprint density at radius 2 is 2.15 bits per heavy atom. The number of pyridine rings is 2. The second-order valence-corrected chi connectivity index (χ2v) is 6.01. The molecule has 8 heteroatoms. The fourth-order valence-corrected chi connectivity index (χ4v) is 2.69. The number of nitrogens with zero attached hydrogens (tertiary/aromatic N) is 5. The molecule has 0 bridgehead atoms. The van der Waals surface area contributed by atoms with Gasteiger partial charge in [-0.2, -0.15) is 4.98 Å². The zero-order valence-electron chi connectivity index (χ0n) is 14.3. The molecule has 26 heavy (non-hydrogen) atoms. The number of hydrogen-bond acceptors (Lipinski definition) is 6. The molecule has 4 heterocycles. The molecule has 4 aromatic heterocycles. The van der Waals surface area contributed by atoms with E-state index in [0.29, 0.717) is 11.4 Å². The second kappa shape index (κ2) is 6.40. The summed E-state index contributed by atoms with van der Waals surface area (Å²) < 4.78 is 6.68. The molecule has 0 aliphatic rings. The van der Waals surface area contributed by atoms with E-state index in [0.717, 1.165) is 22.4 Å². The number of aromatic nitrogens is 5. The molecule has 0 saturated carbocycles. The van der Waals surface area contributed by atoms with Crippen LogP contribution in [0.5, 0.6) is 0 Å². The van der Waals surface area contributed by atoms with E-state index >= 15 is 0 Å². The quantitative estimate of drug-likeness (QED) is 0.609. The van der Waals surface area contributed by atoms with E-state index in [4.69, 9.17) is 4.52 Å². The van der Waals surface area contributed by atoms with E-state index in [1.54, 1.807) is 23.7 Å². The van der Waals surface area contributed by atoms with Crippen LogP contribution >= 0.6 is 0 Å². The molecule has 130 valence electrons. The summed E-state index contributed by atoms with van der Waals surface area (Å²) in [5, 5.41) is 10.8. The number of anilines is 1. The van der Waals surface area contributed by atoms with Crippen LogP contribution in [0.25, 0.3) is 16.8 Å². The number of fused-ring (bicyclic) bond motifs is 1. The van der Waals surface area contributed by atoms with E-state index in [1.165, 1.54) is 0 Å². The Kier molecular flexibility index (Phi) is 3.92. The molecule has 0 radical (unpaired) electrons. The van der Waals surface area contributed by atoms with Crippen molar-refractivity contribution < 1.29 is 9.32 Å². The smallest absolute Gasteiger partial charge is 0.249 e. The van der Waals surface area contributed by atoms with E-state index < -0.39 is 0 Å². The van der Waals surface area contributed by atoms with Gasteiger partial charge >= 0.3 is 0 Å². The van der Waals surface area contributed by atoms with Crippen LogP contribution in [0.4, 0.5) is 5.95 Å². The number of aryl methyl sites for hydroxylation is 2. The molecule has 1 N–H and O–H groups in total. The SMILES string of the molecule is Cc1cc(CC(=O)Nc2nc3ccc(-c4cnccc4C)cn3n2)on1. The summed E-state index contributed by atoms with van der Waals surface area (Å²) in [7, 11) is 0. The Labute approximate surface area is 148 Å². The number of carbonyl (C=O) groups excluding carboxylic acids is 1. The number of carbonyl (C=O) groups is 1. The predicted molar refractivity (Wildman–Crippen MR) is 94.5 cm³/mol. The lowest BCUT2D eigenvalue weighted by Gasteiger charge is -2.04. The van der Waals surface area contributed by atoms with Gasteiger partial charge in [0.15, 0.2) is 5.65 Å². The summed E-state index contributed by atoms with van der Waals surface area (Å²) in [4.78, 5) is 20.6. The Bertz CT molecular complexity index is 1100.